The SMILES string of the molecule is Br.CCCC1CN(CC(=O)c2cc(CN3CCN(CC(=O)O)CC3)cc(C(C)(C)C)c2)C(=N)C1c1ccccc1. The highest BCUT2D eigenvalue weighted by Crippen LogP contribution is 2.37. The molecular weight excluding hydrogens is 568 g/mol. The monoisotopic (exact) mass is 612 g/mol. The maximum atomic E-state index is 13.7. The number of piperazine rings is 1. The van der Waals surface area contributed by atoms with Gasteiger partial charge in [-0.25, -0.2) is 0 Å². The molecule has 7 nitrogen and oxygen atoms in total. The second-order valence-corrected chi connectivity index (χ2v) is 12.2. The number of carboxylic acid groups (broad SMARTS) is 1. The zero-order chi connectivity index (χ0) is 28.2. The summed E-state index contributed by atoms with van der Waals surface area (Å²) in [6, 6.07) is 16.6. The number of ketones is 1. The van der Waals surface area contributed by atoms with Crippen molar-refractivity contribution in [3.05, 3.63) is 70.8 Å². The molecule has 2 aromatic rings. The number of nitrogens with zero attached hydrogens (tertiary/aromatic N) is 3. The molecule has 40 heavy (non-hydrogen) atoms. The van der Waals surface area contributed by atoms with Gasteiger partial charge >= 0.3 is 5.97 Å². The Morgan fingerprint density at radius 1 is 0.975 bits per heavy atom. The van der Waals surface area contributed by atoms with Crippen molar-refractivity contribution in [1.82, 2.24) is 14.7 Å². The predicted molar refractivity (Wildman–Crippen MR) is 166 cm³/mol. The van der Waals surface area contributed by atoms with Crippen LogP contribution in [-0.4, -0.2) is 83.2 Å². The van der Waals surface area contributed by atoms with Gasteiger partial charge in [0.25, 0.3) is 0 Å². The van der Waals surface area contributed by atoms with Crippen LogP contribution >= 0.6 is 17.0 Å². The van der Waals surface area contributed by atoms with Crippen molar-refractivity contribution in [1.29, 1.82) is 5.41 Å². The Kier molecular flexibility index (Phi) is 11.1. The first-order valence-corrected chi connectivity index (χ1v) is 14.3. The Balaban J connectivity index is 0.00000441. The number of halogens is 1. The summed E-state index contributed by atoms with van der Waals surface area (Å²) in [6.07, 6.45) is 2.10. The van der Waals surface area contributed by atoms with E-state index in [0.29, 0.717) is 17.3 Å². The van der Waals surface area contributed by atoms with E-state index in [1.165, 1.54) is 0 Å². The molecule has 2 aliphatic rings. The molecule has 0 bridgehead atoms. The summed E-state index contributed by atoms with van der Waals surface area (Å²) in [5.41, 5.74) is 4.02. The number of nitrogens with one attached hydrogen (secondary N) is 1. The number of Topliss-reactive ketones (excluding diaryl/α,β-unsaturated/α-hetero) is 1. The molecule has 0 aliphatic carbocycles. The Labute approximate surface area is 249 Å². The lowest BCUT2D eigenvalue weighted by atomic mass is 9.84. The minimum atomic E-state index is -0.785. The van der Waals surface area contributed by atoms with E-state index in [0.717, 1.165) is 68.8 Å². The van der Waals surface area contributed by atoms with E-state index in [1.807, 2.05) is 40.1 Å². The van der Waals surface area contributed by atoms with Crippen molar-refractivity contribution in [3.8, 4) is 0 Å². The van der Waals surface area contributed by atoms with Crippen molar-refractivity contribution >= 4 is 34.6 Å². The van der Waals surface area contributed by atoms with E-state index in [4.69, 9.17) is 10.5 Å². The van der Waals surface area contributed by atoms with Crippen LogP contribution in [0.25, 0.3) is 0 Å². The molecule has 0 aromatic heterocycles. The third-order valence-corrected chi connectivity index (χ3v) is 8.12. The van der Waals surface area contributed by atoms with Gasteiger partial charge in [-0.2, -0.15) is 0 Å². The molecular formula is C32H45BrN4O3. The summed E-state index contributed by atoms with van der Waals surface area (Å²) >= 11 is 0. The maximum absolute atomic E-state index is 13.7. The molecule has 0 radical (unpaired) electrons. The maximum Gasteiger partial charge on any atom is 0.317 e. The number of hydrogen-bond donors (Lipinski definition) is 2. The summed E-state index contributed by atoms with van der Waals surface area (Å²) < 4.78 is 0. The van der Waals surface area contributed by atoms with Crippen molar-refractivity contribution in [3.63, 3.8) is 0 Å². The molecule has 2 fully saturated rings. The first kappa shape index (κ1) is 32.0. The largest absolute Gasteiger partial charge is 0.480 e. The van der Waals surface area contributed by atoms with E-state index in [-0.39, 0.29) is 47.2 Å². The van der Waals surface area contributed by atoms with Gasteiger partial charge in [0.2, 0.25) is 0 Å². The first-order valence-electron chi connectivity index (χ1n) is 14.3. The second-order valence-electron chi connectivity index (χ2n) is 12.2. The lowest BCUT2D eigenvalue weighted by Gasteiger charge is -2.34. The summed E-state index contributed by atoms with van der Waals surface area (Å²) in [6.45, 7) is 13.6. The zero-order valence-corrected chi connectivity index (χ0v) is 26.1. The highest BCUT2D eigenvalue weighted by molar-refractivity contribution is 8.93. The molecule has 2 heterocycles. The Morgan fingerprint density at radius 2 is 1.62 bits per heavy atom. The third kappa shape index (κ3) is 8.02. The Morgan fingerprint density at radius 3 is 2.23 bits per heavy atom. The number of rotatable bonds is 10. The van der Waals surface area contributed by atoms with E-state index in [2.05, 4.69) is 50.8 Å². The molecule has 2 aromatic carbocycles. The minimum absolute atomic E-state index is 0. The highest BCUT2D eigenvalue weighted by atomic mass is 79.9. The summed E-state index contributed by atoms with van der Waals surface area (Å²) in [5, 5.41) is 18.1. The number of likely N-dealkylation sites (tertiary alicyclic amines) is 1. The average molecular weight is 614 g/mol. The summed E-state index contributed by atoms with van der Waals surface area (Å²) in [4.78, 5) is 31.1. The molecule has 218 valence electrons. The molecule has 2 atom stereocenters. The topological polar surface area (TPSA) is 87.9 Å². The highest BCUT2D eigenvalue weighted by Gasteiger charge is 2.38. The standard InChI is InChI=1S/C32H44N4O3.BrH/c1-5-9-25-20-36(31(33)30(25)24-10-7-6-8-11-24)21-28(37)26-16-23(17-27(18-26)32(2,3)4)19-34-12-14-35(15-13-34)22-29(38)39;/h6-8,10-11,16-18,25,30,33H,5,9,12-15,19-22H2,1-4H3,(H,38,39);1H. The van der Waals surface area contributed by atoms with Crippen LogP contribution in [-0.2, 0) is 16.8 Å². The third-order valence-electron chi connectivity index (χ3n) is 8.12. The van der Waals surface area contributed by atoms with Crippen LogP contribution in [0.2, 0.25) is 0 Å². The van der Waals surface area contributed by atoms with Crippen LogP contribution in [0, 0.1) is 11.3 Å². The van der Waals surface area contributed by atoms with Gasteiger partial charge in [-0.3, -0.25) is 24.8 Å². The van der Waals surface area contributed by atoms with Crippen LogP contribution in [0.5, 0.6) is 0 Å². The molecule has 2 aliphatic heterocycles. The number of aliphatic carboxylic acids is 1. The van der Waals surface area contributed by atoms with Gasteiger partial charge in [-0.1, -0.05) is 70.5 Å². The number of carboxylic acids is 1. The first-order chi connectivity index (χ1) is 18.5. The Bertz CT molecular complexity index is 1170. The number of carbonyl (C=O) groups is 2. The van der Waals surface area contributed by atoms with Crippen LogP contribution in [0.15, 0.2) is 48.5 Å². The van der Waals surface area contributed by atoms with Gasteiger partial charge in [0.15, 0.2) is 5.78 Å². The molecule has 2 unspecified atom stereocenters. The summed E-state index contributed by atoms with van der Waals surface area (Å²) in [7, 11) is 0. The van der Waals surface area contributed by atoms with Crippen LogP contribution in [0.1, 0.15) is 73.5 Å². The van der Waals surface area contributed by atoms with Crippen LogP contribution in [0.3, 0.4) is 0 Å². The van der Waals surface area contributed by atoms with Crippen LogP contribution in [0.4, 0.5) is 0 Å². The molecule has 0 amide bonds. The molecule has 2 saturated heterocycles. The number of hydrogen-bond acceptors (Lipinski definition) is 5. The fraction of sp³-hybridized carbons (Fsp3) is 0.531. The smallest absolute Gasteiger partial charge is 0.317 e. The van der Waals surface area contributed by atoms with Crippen molar-refractivity contribution in [2.75, 3.05) is 45.8 Å². The number of amidine groups is 1. The Hall–Kier alpha value is -2.55. The molecule has 8 heteroatoms. The van der Waals surface area contributed by atoms with Gasteiger partial charge < -0.3 is 10.0 Å². The van der Waals surface area contributed by atoms with E-state index < -0.39 is 5.97 Å². The molecule has 4 rings (SSSR count). The number of carbonyl (C=O) groups excluding carboxylic acids is 1. The van der Waals surface area contributed by atoms with Crippen LogP contribution < -0.4 is 0 Å². The van der Waals surface area contributed by atoms with Crippen molar-refractivity contribution in [2.45, 2.75) is 58.4 Å². The molecule has 2 N–H and O–H groups in total. The minimum Gasteiger partial charge on any atom is -0.480 e. The van der Waals surface area contributed by atoms with E-state index >= 15 is 0 Å². The lowest BCUT2D eigenvalue weighted by Crippen LogP contribution is -2.47. The second kappa shape index (κ2) is 13.9. The lowest BCUT2D eigenvalue weighted by molar-refractivity contribution is -0.138. The fourth-order valence-electron chi connectivity index (χ4n) is 5.97. The van der Waals surface area contributed by atoms with Gasteiger partial charge in [0, 0.05) is 50.7 Å². The normalized spacial score (nSPS) is 20.4. The summed E-state index contributed by atoms with van der Waals surface area (Å²) in [5.74, 6) is 0.206. The predicted octanol–water partition coefficient (Wildman–Crippen LogP) is 5.44. The molecule has 0 spiro atoms. The van der Waals surface area contributed by atoms with Crippen molar-refractivity contribution in [2.24, 2.45) is 5.92 Å². The van der Waals surface area contributed by atoms with Crippen molar-refractivity contribution < 1.29 is 14.7 Å². The average Bonchev–Trinajstić information content (AvgIpc) is 3.19. The number of benzene rings is 2. The van der Waals surface area contributed by atoms with Gasteiger partial charge in [-0.15, -0.1) is 17.0 Å². The quantitative estimate of drug-likeness (QED) is 0.347. The van der Waals surface area contributed by atoms with Gasteiger partial charge in [-0.05, 0) is 46.6 Å². The fourth-order valence-corrected chi connectivity index (χ4v) is 5.97. The van der Waals surface area contributed by atoms with E-state index in [1.54, 1.807) is 0 Å². The molecule has 0 saturated carbocycles. The van der Waals surface area contributed by atoms with Gasteiger partial charge in [0.05, 0.1) is 13.1 Å². The van der Waals surface area contributed by atoms with E-state index in [9.17, 15) is 9.59 Å². The van der Waals surface area contributed by atoms with Gasteiger partial charge in [0.1, 0.15) is 5.84 Å². The zero-order valence-electron chi connectivity index (χ0n) is 24.4.